The summed E-state index contributed by atoms with van der Waals surface area (Å²) in [4.78, 5) is 72.2. The van der Waals surface area contributed by atoms with Gasteiger partial charge in [-0.25, -0.2) is 9.13 Å². The van der Waals surface area contributed by atoms with Crippen molar-refractivity contribution in [1.82, 2.24) is 0 Å². The highest BCUT2D eigenvalue weighted by Gasteiger charge is 2.30. The van der Waals surface area contributed by atoms with Crippen molar-refractivity contribution in [1.29, 1.82) is 0 Å². The van der Waals surface area contributed by atoms with Crippen LogP contribution in [-0.4, -0.2) is 96.7 Å². The number of hydrogen-bond donors (Lipinski definition) is 3. The molecule has 0 amide bonds. The zero-order valence-electron chi connectivity index (χ0n) is 53.8. The van der Waals surface area contributed by atoms with Crippen molar-refractivity contribution < 1.29 is 80.2 Å². The second kappa shape index (κ2) is 54.2. The third-order valence-corrected chi connectivity index (χ3v) is 16.5. The molecule has 5 atom stereocenters. The van der Waals surface area contributed by atoms with Crippen molar-refractivity contribution in [2.24, 2.45) is 23.7 Å². The van der Waals surface area contributed by atoms with E-state index in [2.05, 4.69) is 55.4 Å². The van der Waals surface area contributed by atoms with Crippen LogP contribution in [0.5, 0.6) is 0 Å². The van der Waals surface area contributed by atoms with Crippen LogP contribution in [0.4, 0.5) is 0 Å². The zero-order chi connectivity index (χ0) is 61.8. The molecule has 0 aromatic heterocycles. The van der Waals surface area contributed by atoms with Gasteiger partial charge in [-0.05, 0) is 49.4 Å². The molecule has 19 heteroatoms. The molecule has 0 aliphatic rings. The second-order valence-corrected chi connectivity index (χ2v) is 28.0. The maximum Gasteiger partial charge on any atom is 0.472 e. The number of ether oxygens (including phenoxy) is 4. The number of esters is 4. The summed E-state index contributed by atoms with van der Waals surface area (Å²) < 4.78 is 68.0. The Labute approximate surface area is 505 Å². The molecular formula is C64H124O17P2. The van der Waals surface area contributed by atoms with Gasteiger partial charge in [0.1, 0.15) is 19.3 Å². The topological polar surface area (TPSA) is 237 Å². The third kappa shape index (κ3) is 58.8. The molecule has 2 unspecified atom stereocenters. The molecule has 3 N–H and O–H groups in total. The molecule has 0 spiro atoms. The molecule has 0 fully saturated rings. The van der Waals surface area contributed by atoms with Crippen molar-refractivity contribution in [2.75, 3.05) is 39.6 Å². The van der Waals surface area contributed by atoms with E-state index in [1.165, 1.54) is 103 Å². The van der Waals surface area contributed by atoms with Gasteiger partial charge in [0.15, 0.2) is 12.2 Å². The molecule has 492 valence electrons. The van der Waals surface area contributed by atoms with Crippen molar-refractivity contribution in [3.8, 4) is 0 Å². The van der Waals surface area contributed by atoms with E-state index in [0.717, 1.165) is 114 Å². The monoisotopic (exact) mass is 1230 g/mol. The summed E-state index contributed by atoms with van der Waals surface area (Å²) in [5, 5.41) is 10.5. The molecule has 0 aromatic carbocycles. The maximum absolute atomic E-state index is 13.0. The summed E-state index contributed by atoms with van der Waals surface area (Å²) in [6.45, 7) is 13.9. The Morgan fingerprint density at radius 1 is 0.301 bits per heavy atom. The predicted octanol–water partition coefficient (Wildman–Crippen LogP) is 17.4. The number of aliphatic hydroxyl groups excluding tert-OH is 1. The molecule has 0 saturated heterocycles. The summed E-state index contributed by atoms with van der Waals surface area (Å²) in [7, 11) is -9.89. The Morgan fingerprint density at radius 3 is 0.747 bits per heavy atom. The SMILES string of the molecule is CC(C)CCCCCCCCCCCC(=O)O[C@H](COC(=O)CCCCCCCCCCC(C)C)COP(=O)(O)OC[C@@H](O)COP(=O)(O)OC[C@@H](COC(=O)CCCCCCCCC(C)C)OC(=O)CCCCCCCCCCC(C)C. The van der Waals surface area contributed by atoms with Crippen molar-refractivity contribution in [2.45, 2.75) is 324 Å². The van der Waals surface area contributed by atoms with E-state index >= 15 is 0 Å². The first kappa shape index (κ1) is 81.1. The lowest BCUT2D eigenvalue weighted by atomic mass is 10.0. The minimum absolute atomic E-state index is 0.103. The van der Waals surface area contributed by atoms with E-state index < -0.39 is 97.5 Å². The van der Waals surface area contributed by atoms with E-state index in [-0.39, 0.29) is 25.7 Å². The van der Waals surface area contributed by atoms with Crippen LogP contribution in [0.1, 0.15) is 306 Å². The normalized spacial score (nSPS) is 14.4. The molecule has 0 radical (unpaired) electrons. The number of aliphatic hydroxyl groups is 1. The fraction of sp³-hybridized carbons (Fsp3) is 0.938. The molecular weight excluding hydrogens is 1100 g/mol. The molecule has 0 aliphatic carbocycles. The Kier molecular flexibility index (Phi) is 53.0. The van der Waals surface area contributed by atoms with Crippen LogP contribution in [0.15, 0.2) is 0 Å². The van der Waals surface area contributed by atoms with Gasteiger partial charge in [0.2, 0.25) is 0 Å². The number of phosphoric ester groups is 2. The van der Waals surface area contributed by atoms with Crippen LogP contribution >= 0.6 is 15.6 Å². The molecule has 0 rings (SSSR count). The number of phosphoric acid groups is 2. The van der Waals surface area contributed by atoms with Gasteiger partial charge in [0.05, 0.1) is 26.4 Å². The second-order valence-electron chi connectivity index (χ2n) is 25.1. The first-order chi connectivity index (χ1) is 39.6. The number of hydrogen-bond acceptors (Lipinski definition) is 15. The van der Waals surface area contributed by atoms with Gasteiger partial charge < -0.3 is 33.8 Å². The highest BCUT2D eigenvalue weighted by atomic mass is 31.2. The summed E-state index contributed by atoms with van der Waals surface area (Å²) in [5.74, 6) is 0.719. The summed E-state index contributed by atoms with van der Waals surface area (Å²) in [6.07, 6.45) is 33.7. The zero-order valence-corrected chi connectivity index (χ0v) is 55.6. The largest absolute Gasteiger partial charge is 0.472 e. The smallest absolute Gasteiger partial charge is 0.462 e. The Balaban J connectivity index is 5.26. The van der Waals surface area contributed by atoms with Gasteiger partial charge >= 0.3 is 39.5 Å². The summed E-state index contributed by atoms with van der Waals surface area (Å²) >= 11 is 0. The van der Waals surface area contributed by atoms with Gasteiger partial charge in [0.25, 0.3) is 0 Å². The van der Waals surface area contributed by atoms with Crippen LogP contribution in [0.2, 0.25) is 0 Å². The Hall–Kier alpha value is -1.94. The van der Waals surface area contributed by atoms with Crippen LogP contribution in [0.3, 0.4) is 0 Å². The number of rotatable bonds is 61. The third-order valence-electron chi connectivity index (χ3n) is 14.6. The van der Waals surface area contributed by atoms with Crippen molar-refractivity contribution in [3.63, 3.8) is 0 Å². The maximum atomic E-state index is 13.0. The van der Waals surface area contributed by atoms with E-state index in [0.29, 0.717) is 31.6 Å². The van der Waals surface area contributed by atoms with Gasteiger partial charge in [-0.3, -0.25) is 37.3 Å². The van der Waals surface area contributed by atoms with Crippen molar-refractivity contribution >= 4 is 39.5 Å². The highest BCUT2D eigenvalue weighted by Crippen LogP contribution is 2.45. The average molecular weight is 1230 g/mol. The fourth-order valence-corrected chi connectivity index (χ4v) is 11.0. The molecule has 0 saturated carbocycles. The quantitative estimate of drug-likeness (QED) is 0.0222. The minimum Gasteiger partial charge on any atom is -0.462 e. The highest BCUT2D eigenvalue weighted by molar-refractivity contribution is 7.47. The molecule has 0 bridgehead atoms. The number of unbranched alkanes of at least 4 members (excludes halogenated alkanes) is 27. The number of carbonyl (C=O) groups excluding carboxylic acids is 4. The van der Waals surface area contributed by atoms with Crippen LogP contribution in [0.25, 0.3) is 0 Å². The lowest BCUT2D eigenvalue weighted by molar-refractivity contribution is -0.161. The van der Waals surface area contributed by atoms with Crippen molar-refractivity contribution in [3.05, 3.63) is 0 Å². The van der Waals surface area contributed by atoms with E-state index in [1.54, 1.807) is 0 Å². The van der Waals surface area contributed by atoms with Crippen LogP contribution in [0, 0.1) is 23.7 Å². The van der Waals surface area contributed by atoms with E-state index in [1.807, 2.05) is 0 Å². The Bertz CT molecular complexity index is 1660. The van der Waals surface area contributed by atoms with Crippen LogP contribution < -0.4 is 0 Å². The van der Waals surface area contributed by atoms with Gasteiger partial charge in [-0.1, -0.05) is 254 Å². The first-order valence-corrected chi connectivity index (χ1v) is 36.2. The van der Waals surface area contributed by atoms with Gasteiger partial charge in [-0.2, -0.15) is 0 Å². The average Bonchev–Trinajstić information content (AvgIpc) is 3.43. The first-order valence-electron chi connectivity index (χ1n) is 33.2. The molecule has 83 heavy (non-hydrogen) atoms. The Morgan fingerprint density at radius 2 is 0.506 bits per heavy atom. The fourth-order valence-electron chi connectivity index (χ4n) is 9.43. The molecule has 17 nitrogen and oxygen atoms in total. The standard InChI is InChI=1S/C64H124O17P2/c1-54(2)40-32-24-16-10-9-11-20-30-38-46-63(68)80-59(50-74-61(66)44-36-28-19-14-12-17-25-33-41-55(3)4)52-78-82(70,71)76-48-58(65)49-77-83(72,73)79-53-60(51-75-62(67)45-37-29-23-22-27-35-43-57(7)8)81-64(69)47-39-31-21-15-13-18-26-34-42-56(5)6/h54-60,65H,9-53H2,1-8H3,(H,70,71)(H,72,73)/t58-,59-,60-/m1/s1. The minimum atomic E-state index is -4.95. The molecule has 0 aromatic rings. The van der Waals surface area contributed by atoms with Gasteiger partial charge in [-0.15, -0.1) is 0 Å². The van der Waals surface area contributed by atoms with Crippen LogP contribution in [-0.2, 0) is 65.4 Å². The lowest BCUT2D eigenvalue weighted by Gasteiger charge is -2.21. The lowest BCUT2D eigenvalue weighted by Crippen LogP contribution is -2.30. The number of carbonyl (C=O) groups is 4. The summed E-state index contributed by atoms with van der Waals surface area (Å²) in [6, 6.07) is 0. The molecule has 0 heterocycles. The molecule has 0 aliphatic heterocycles. The van der Waals surface area contributed by atoms with Gasteiger partial charge in [0, 0.05) is 25.7 Å². The van der Waals surface area contributed by atoms with E-state index in [4.69, 9.17) is 37.0 Å². The van der Waals surface area contributed by atoms with E-state index in [9.17, 15) is 43.2 Å². The summed E-state index contributed by atoms with van der Waals surface area (Å²) in [5.41, 5.74) is 0. The predicted molar refractivity (Wildman–Crippen MR) is 331 cm³/mol.